The second-order valence-electron chi connectivity index (χ2n) is 3.23. The SMILES string of the molecule is N#Cc1c(/C=C/C(=O)O)ccc(C=O)c1OC(F)F. The van der Waals surface area contributed by atoms with Gasteiger partial charge in [-0.3, -0.25) is 4.79 Å². The van der Waals surface area contributed by atoms with E-state index >= 15 is 0 Å². The number of nitriles is 1. The van der Waals surface area contributed by atoms with E-state index in [9.17, 15) is 18.4 Å². The number of halogens is 2. The van der Waals surface area contributed by atoms with E-state index < -0.39 is 18.3 Å². The van der Waals surface area contributed by atoms with Gasteiger partial charge in [-0.15, -0.1) is 0 Å². The number of rotatable bonds is 5. The molecule has 0 aliphatic rings. The lowest BCUT2D eigenvalue weighted by molar-refractivity contribution is -0.131. The van der Waals surface area contributed by atoms with Crippen LogP contribution in [0.25, 0.3) is 6.08 Å². The summed E-state index contributed by atoms with van der Waals surface area (Å²) in [4.78, 5) is 21.1. The van der Waals surface area contributed by atoms with Crippen molar-refractivity contribution in [1.29, 1.82) is 5.26 Å². The fourth-order valence-electron chi connectivity index (χ4n) is 1.34. The van der Waals surface area contributed by atoms with Crippen molar-refractivity contribution in [3.63, 3.8) is 0 Å². The molecule has 0 aromatic heterocycles. The van der Waals surface area contributed by atoms with Crippen LogP contribution in [0.3, 0.4) is 0 Å². The van der Waals surface area contributed by atoms with Crippen LogP contribution in [-0.2, 0) is 4.79 Å². The largest absolute Gasteiger partial charge is 0.478 e. The van der Waals surface area contributed by atoms with Gasteiger partial charge in [-0.25, -0.2) is 4.79 Å². The van der Waals surface area contributed by atoms with Gasteiger partial charge < -0.3 is 9.84 Å². The van der Waals surface area contributed by atoms with Crippen LogP contribution in [0.2, 0.25) is 0 Å². The van der Waals surface area contributed by atoms with Crippen LogP contribution in [-0.4, -0.2) is 24.0 Å². The molecule has 0 heterocycles. The first kappa shape index (κ1) is 14.3. The highest BCUT2D eigenvalue weighted by atomic mass is 19.3. The zero-order valence-electron chi connectivity index (χ0n) is 9.34. The van der Waals surface area contributed by atoms with Crippen LogP contribution < -0.4 is 4.74 Å². The molecule has 1 rings (SSSR count). The summed E-state index contributed by atoms with van der Waals surface area (Å²) >= 11 is 0. The molecule has 0 saturated heterocycles. The zero-order chi connectivity index (χ0) is 14.4. The zero-order valence-corrected chi connectivity index (χ0v) is 9.34. The molecule has 0 fully saturated rings. The third-order valence-corrected chi connectivity index (χ3v) is 2.07. The number of ether oxygens (including phenoxy) is 1. The standard InChI is InChI=1S/C12H7F2NO4/c13-12(14)19-11-8(6-16)2-1-7(9(11)5-15)3-4-10(17)18/h1-4,6,12H,(H,17,18)/b4-3+. The maximum Gasteiger partial charge on any atom is 0.387 e. The molecule has 0 unspecified atom stereocenters. The summed E-state index contributed by atoms with van der Waals surface area (Å²) in [6.07, 6.45) is 2.06. The monoisotopic (exact) mass is 267 g/mol. The summed E-state index contributed by atoms with van der Waals surface area (Å²) in [5.41, 5.74) is -0.488. The topological polar surface area (TPSA) is 87.4 Å². The van der Waals surface area contributed by atoms with Gasteiger partial charge in [-0.1, -0.05) is 6.07 Å². The van der Waals surface area contributed by atoms with Gasteiger partial charge in [-0.05, 0) is 17.7 Å². The molecule has 19 heavy (non-hydrogen) atoms. The average Bonchev–Trinajstić information content (AvgIpc) is 2.35. The van der Waals surface area contributed by atoms with E-state index in [0.717, 1.165) is 18.2 Å². The van der Waals surface area contributed by atoms with Crippen molar-refractivity contribution in [1.82, 2.24) is 0 Å². The summed E-state index contributed by atoms with van der Waals surface area (Å²) in [6, 6.07) is 4.03. The van der Waals surface area contributed by atoms with Crippen molar-refractivity contribution in [2.45, 2.75) is 6.61 Å². The number of aliphatic carboxylic acids is 1. The highest BCUT2D eigenvalue weighted by Crippen LogP contribution is 2.28. The maximum absolute atomic E-state index is 12.2. The number of hydrogen-bond donors (Lipinski definition) is 1. The third-order valence-electron chi connectivity index (χ3n) is 2.07. The molecular weight excluding hydrogens is 260 g/mol. The van der Waals surface area contributed by atoms with Gasteiger partial charge in [0.25, 0.3) is 0 Å². The summed E-state index contributed by atoms with van der Waals surface area (Å²) in [5.74, 6) is -1.83. The highest BCUT2D eigenvalue weighted by Gasteiger charge is 2.17. The van der Waals surface area contributed by atoms with E-state index in [1.807, 2.05) is 0 Å². The first-order valence-electron chi connectivity index (χ1n) is 4.87. The number of carboxylic acid groups (broad SMARTS) is 1. The minimum Gasteiger partial charge on any atom is -0.478 e. The molecule has 0 aliphatic carbocycles. The molecular formula is C12H7F2NO4. The maximum atomic E-state index is 12.2. The molecule has 98 valence electrons. The Morgan fingerprint density at radius 2 is 2.05 bits per heavy atom. The lowest BCUT2D eigenvalue weighted by Gasteiger charge is -2.10. The smallest absolute Gasteiger partial charge is 0.387 e. The number of carboxylic acids is 1. The van der Waals surface area contributed by atoms with E-state index in [1.54, 1.807) is 6.07 Å². The minimum atomic E-state index is -3.20. The van der Waals surface area contributed by atoms with E-state index in [-0.39, 0.29) is 23.0 Å². The molecule has 1 aromatic carbocycles. The van der Waals surface area contributed by atoms with Gasteiger partial charge in [0.2, 0.25) is 0 Å². The Morgan fingerprint density at radius 3 is 2.53 bits per heavy atom. The number of carbonyl (C=O) groups excluding carboxylic acids is 1. The van der Waals surface area contributed by atoms with Crippen LogP contribution in [0.1, 0.15) is 21.5 Å². The number of aldehydes is 1. The fourth-order valence-corrected chi connectivity index (χ4v) is 1.34. The van der Waals surface area contributed by atoms with Crippen LogP contribution in [0.15, 0.2) is 18.2 Å². The first-order valence-corrected chi connectivity index (χ1v) is 4.87. The van der Waals surface area contributed by atoms with E-state index in [4.69, 9.17) is 10.4 Å². The second-order valence-corrected chi connectivity index (χ2v) is 3.23. The Balaban J connectivity index is 3.40. The third kappa shape index (κ3) is 3.61. The summed E-state index contributed by atoms with van der Waals surface area (Å²) in [5, 5.41) is 17.4. The van der Waals surface area contributed by atoms with Crippen LogP contribution in [0.4, 0.5) is 8.78 Å². The highest BCUT2D eigenvalue weighted by molar-refractivity contribution is 5.88. The summed E-state index contributed by atoms with van der Waals surface area (Å²) in [6.45, 7) is -3.20. The number of nitrogens with zero attached hydrogens (tertiary/aromatic N) is 1. The Kier molecular flexibility index (Phi) is 4.71. The molecule has 7 heteroatoms. The van der Waals surface area contributed by atoms with E-state index in [0.29, 0.717) is 0 Å². The lowest BCUT2D eigenvalue weighted by Crippen LogP contribution is -2.07. The predicted octanol–water partition coefficient (Wildman–Crippen LogP) is 2.07. The van der Waals surface area contributed by atoms with Crippen LogP contribution in [0.5, 0.6) is 5.75 Å². The van der Waals surface area contributed by atoms with Crippen molar-refractivity contribution in [2.24, 2.45) is 0 Å². The van der Waals surface area contributed by atoms with Gasteiger partial charge in [0.15, 0.2) is 12.0 Å². The number of alkyl halides is 2. The molecule has 1 N–H and O–H groups in total. The quantitative estimate of drug-likeness (QED) is 0.651. The second kappa shape index (κ2) is 6.26. The Hall–Kier alpha value is -2.75. The van der Waals surface area contributed by atoms with Gasteiger partial charge in [0, 0.05) is 6.08 Å². The number of carbonyl (C=O) groups is 2. The van der Waals surface area contributed by atoms with Gasteiger partial charge >= 0.3 is 12.6 Å². The van der Waals surface area contributed by atoms with Crippen LogP contribution >= 0.6 is 0 Å². The molecule has 0 atom stereocenters. The van der Waals surface area contributed by atoms with Crippen molar-refractivity contribution < 1.29 is 28.2 Å². The summed E-state index contributed by atoms with van der Waals surface area (Å²) in [7, 11) is 0. The molecule has 1 aromatic rings. The molecule has 5 nitrogen and oxygen atoms in total. The minimum absolute atomic E-state index is 0.0613. The van der Waals surface area contributed by atoms with Crippen molar-refractivity contribution in [2.75, 3.05) is 0 Å². The molecule has 0 spiro atoms. The van der Waals surface area contributed by atoms with E-state index in [1.165, 1.54) is 6.07 Å². The molecule has 0 aliphatic heterocycles. The van der Waals surface area contributed by atoms with Crippen LogP contribution in [0, 0.1) is 11.3 Å². The number of hydrogen-bond acceptors (Lipinski definition) is 4. The molecule has 0 bridgehead atoms. The fraction of sp³-hybridized carbons (Fsp3) is 0.0833. The van der Waals surface area contributed by atoms with E-state index in [2.05, 4.69) is 4.74 Å². The van der Waals surface area contributed by atoms with Gasteiger partial charge in [-0.2, -0.15) is 14.0 Å². The Labute approximate surface area is 106 Å². The van der Waals surface area contributed by atoms with Gasteiger partial charge in [0.05, 0.1) is 5.56 Å². The molecule has 0 amide bonds. The Bertz CT molecular complexity index is 576. The number of benzene rings is 1. The molecule has 0 saturated carbocycles. The summed E-state index contributed by atoms with van der Waals surface area (Å²) < 4.78 is 28.6. The normalized spacial score (nSPS) is 10.4. The molecule has 0 radical (unpaired) electrons. The van der Waals surface area contributed by atoms with Crippen molar-refractivity contribution in [3.05, 3.63) is 34.9 Å². The average molecular weight is 267 g/mol. The first-order chi connectivity index (χ1) is 8.99. The Morgan fingerprint density at radius 1 is 1.42 bits per heavy atom. The van der Waals surface area contributed by atoms with Crippen molar-refractivity contribution in [3.8, 4) is 11.8 Å². The predicted molar refractivity (Wildman–Crippen MR) is 59.8 cm³/mol. The van der Waals surface area contributed by atoms with Gasteiger partial charge in [0.1, 0.15) is 11.6 Å². The van der Waals surface area contributed by atoms with Crippen molar-refractivity contribution >= 4 is 18.3 Å². The lowest BCUT2D eigenvalue weighted by atomic mass is 10.0.